The molecule has 0 radical (unpaired) electrons. The number of nitrogens with two attached hydrogens (primary N) is 1. The Labute approximate surface area is 96.2 Å². The maximum Gasteiger partial charge on any atom is 0.169 e. The van der Waals surface area contributed by atoms with Gasteiger partial charge in [-0.15, -0.1) is 0 Å². The average molecular weight is 224 g/mol. The van der Waals surface area contributed by atoms with E-state index in [9.17, 15) is 0 Å². The van der Waals surface area contributed by atoms with E-state index in [1.165, 1.54) is 6.33 Å². The molecule has 0 fully saturated rings. The van der Waals surface area contributed by atoms with E-state index in [4.69, 9.17) is 5.73 Å². The Morgan fingerprint density at radius 3 is 2.38 bits per heavy atom. The van der Waals surface area contributed by atoms with Crippen LogP contribution in [0.25, 0.3) is 0 Å². The molecule has 0 saturated heterocycles. The summed E-state index contributed by atoms with van der Waals surface area (Å²) in [5.74, 6) is 1.29. The molecule has 1 heterocycles. The predicted octanol–water partition coefficient (Wildman–Crippen LogP) is 0.840. The molecule has 1 aromatic rings. The van der Waals surface area contributed by atoms with Crippen LogP contribution < -0.4 is 21.5 Å². The highest BCUT2D eigenvalue weighted by atomic mass is 15.4. The first-order valence-corrected chi connectivity index (χ1v) is 5.12. The second-order valence-corrected chi connectivity index (χ2v) is 4.85. The molecule has 0 aromatic carbocycles. The summed E-state index contributed by atoms with van der Waals surface area (Å²) in [5, 5.41) is 0. The van der Waals surface area contributed by atoms with Gasteiger partial charge in [0.15, 0.2) is 11.6 Å². The molecule has 0 spiro atoms. The van der Waals surface area contributed by atoms with Crippen LogP contribution in [-0.2, 0) is 0 Å². The predicted molar refractivity (Wildman–Crippen MR) is 67.3 cm³/mol. The number of hydrogen-bond donors (Lipinski definition) is 3. The standard InChI is InChI=1S/C10H20N6/c1-10(2,3)15-14-8-7(11)9(16(4)5)13-6-12-8/h6,15H,11H2,1-5H3,(H,12,13,14). The highest BCUT2D eigenvalue weighted by Crippen LogP contribution is 2.23. The maximum atomic E-state index is 5.94. The molecule has 0 unspecified atom stereocenters. The van der Waals surface area contributed by atoms with Gasteiger partial charge >= 0.3 is 0 Å². The minimum absolute atomic E-state index is 0.0599. The van der Waals surface area contributed by atoms with E-state index in [2.05, 4.69) is 20.8 Å². The fourth-order valence-electron chi connectivity index (χ4n) is 1.09. The van der Waals surface area contributed by atoms with E-state index < -0.39 is 0 Å². The summed E-state index contributed by atoms with van der Waals surface area (Å²) < 4.78 is 0. The summed E-state index contributed by atoms with van der Waals surface area (Å²) in [7, 11) is 3.78. The van der Waals surface area contributed by atoms with Crippen molar-refractivity contribution in [2.45, 2.75) is 26.3 Å². The van der Waals surface area contributed by atoms with E-state index in [1.807, 2.05) is 39.8 Å². The summed E-state index contributed by atoms with van der Waals surface area (Å²) in [6.45, 7) is 6.14. The first kappa shape index (κ1) is 12.5. The van der Waals surface area contributed by atoms with Gasteiger partial charge in [0.25, 0.3) is 0 Å². The van der Waals surface area contributed by atoms with Crippen molar-refractivity contribution in [1.82, 2.24) is 15.4 Å². The van der Waals surface area contributed by atoms with Gasteiger partial charge in [0, 0.05) is 19.6 Å². The summed E-state index contributed by atoms with van der Waals surface area (Å²) in [6, 6.07) is 0. The van der Waals surface area contributed by atoms with E-state index in [1.54, 1.807) is 0 Å². The van der Waals surface area contributed by atoms with E-state index in [0.29, 0.717) is 17.3 Å². The van der Waals surface area contributed by atoms with Gasteiger partial charge in [0.1, 0.15) is 12.0 Å². The van der Waals surface area contributed by atoms with Crippen molar-refractivity contribution in [2.75, 3.05) is 30.2 Å². The van der Waals surface area contributed by atoms with Crippen molar-refractivity contribution in [3.05, 3.63) is 6.33 Å². The maximum absolute atomic E-state index is 5.94. The molecule has 1 aromatic heterocycles. The molecule has 4 N–H and O–H groups in total. The van der Waals surface area contributed by atoms with Gasteiger partial charge in [-0.2, -0.15) is 0 Å². The summed E-state index contributed by atoms with van der Waals surface area (Å²) >= 11 is 0. The summed E-state index contributed by atoms with van der Waals surface area (Å²) in [6.07, 6.45) is 1.48. The zero-order chi connectivity index (χ0) is 12.3. The van der Waals surface area contributed by atoms with Crippen LogP contribution in [0.5, 0.6) is 0 Å². The molecule has 6 nitrogen and oxygen atoms in total. The molecule has 1 rings (SSSR count). The van der Waals surface area contributed by atoms with E-state index in [0.717, 1.165) is 0 Å². The number of hydrazine groups is 1. The molecular formula is C10H20N6. The molecule has 0 aliphatic carbocycles. The molecule has 6 heteroatoms. The van der Waals surface area contributed by atoms with Crippen LogP contribution in [0.2, 0.25) is 0 Å². The Morgan fingerprint density at radius 1 is 1.25 bits per heavy atom. The van der Waals surface area contributed by atoms with Crippen LogP contribution in [0.4, 0.5) is 17.3 Å². The normalized spacial score (nSPS) is 11.3. The Kier molecular flexibility index (Phi) is 3.54. The minimum atomic E-state index is -0.0599. The fourth-order valence-corrected chi connectivity index (χ4v) is 1.09. The van der Waals surface area contributed by atoms with Crippen molar-refractivity contribution in [2.24, 2.45) is 0 Å². The van der Waals surface area contributed by atoms with Gasteiger partial charge in [0.2, 0.25) is 0 Å². The van der Waals surface area contributed by atoms with Crippen molar-refractivity contribution < 1.29 is 0 Å². The van der Waals surface area contributed by atoms with Crippen molar-refractivity contribution >= 4 is 17.3 Å². The number of nitrogens with zero attached hydrogens (tertiary/aromatic N) is 3. The smallest absolute Gasteiger partial charge is 0.169 e. The number of aromatic nitrogens is 2. The fraction of sp³-hybridized carbons (Fsp3) is 0.600. The van der Waals surface area contributed by atoms with Gasteiger partial charge in [-0.3, -0.25) is 0 Å². The molecule has 0 atom stereocenters. The molecule has 0 saturated carbocycles. The van der Waals surface area contributed by atoms with Crippen LogP contribution in [0.1, 0.15) is 20.8 Å². The molecule has 0 amide bonds. The lowest BCUT2D eigenvalue weighted by Crippen LogP contribution is -2.40. The van der Waals surface area contributed by atoms with Gasteiger partial charge in [-0.25, -0.2) is 15.4 Å². The first-order chi connectivity index (χ1) is 7.31. The van der Waals surface area contributed by atoms with Gasteiger partial charge in [0.05, 0.1) is 0 Å². The zero-order valence-electron chi connectivity index (χ0n) is 10.5. The van der Waals surface area contributed by atoms with Crippen molar-refractivity contribution in [3.63, 3.8) is 0 Å². The SMILES string of the molecule is CN(C)c1ncnc(NNC(C)(C)C)c1N. The molecule has 0 bridgehead atoms. The second kappa shape index (κ2) is 4.52. The van der Waals surface area contributed by atoms with Crippen LogP contribution >= 0.6 is 0 Å². The molecule has 0 aliphatic rings. The third-order valence-corrected chi connectivity index (χ3v) is 1.84. The quantitative estimate of drug-likeness (QED) is 0.660. The Bertz CT molecular complexity index is 355. The third kappa shape index (κ3) is 3.23. The van der Waals surface area contributed by atoms with Crippen molar-refractivity contribution in [1.29, 1.82) is 0 Å². The molecule has 0 aliphatic heterocycles. The van der Waals surface area contributed by atoms with Gasteiger partial charge in [-0.05, 0) is 20.8 Å². The van der Waals surface area contributed by atoms with Crippen LogP contribution in [0, 0.1) is 0 Å². The zero-order valence-corrected chi connectivity index (χ0v) is 10.5. The number of nitrogen functional groups attached to an aromatic ring is 1. The van der Waals surface area contributed by atoms with Gasteiger partial charge < -0.3 is 16.1 Å². The molecule has 90 valence electrons. The topological polar surface area (TPSA) is 79.1 Å². The lowest BCUT2D eigenvalue weighted by molar-refractivity contribution is 0.464. The lowest BCUT2D eigenvalue weighted by atomic mass is 10.1. The van der Waals surface area contributed by atoms with Gasteiger partial charge in [-0.1, -0.05) is 0 Å². The monoisotopic (exact) mass is 224 g/mol. The number of anilines is 3. The number of hydrogen-bond acceptors (Lipinski definition) is 6. The molecule has 16 heavy (non-hydrogen) atoms. The lowest BCUT2D eigenvalue weighted by Gasteiger charge is -2.23. The van der Waals surface area contributed by atoms with E-state index in [-0.39, 0.29) is 5.54 Å². The highest BCUT2D eigenvalue weighted by Gasteiger charge is 2.12. The van der Waals surface area contributed by atoms with Crippen LogP contribution in [-0.4, -0.2) is 29.6 Å². The second-order valence-electron chi connectivity index (χ2n) is 4.85. The van der Waals surface area contributed by atoms with Crippen LogP contribution in [0.15, 0.2) is 6.33 Å². The Morgan fingerprint density at radius 2 is 1.88 bits per heavy atom. The van der Waals surface area contributed by atoms with Crippen LogP contribution in [0.3, 0.4) is 0 Å². The Hall–Kier alpha value is -1.56. The van der Waals surface area contributed by atoms with E-state index >= 15 is 0 Å². The number of rotatable bonds is 3. The minimum Gasteiger partial charge on any atom is -0.393 e. The highest BCUT2D eigenvalue weighted by molar-refractivity contribution is 5.74. The number of nitrogens with one attached hydrogen (secondary N) is 2. The summed E-state index contributed by atoms with van der Waals surface area (Å²) in [4.78, 5) is 10.0. The molecular weight excluding hydrogens is 204 g/mol. The largest absolute Gasteiger partial charge is 0.393 e. The Balaban J connectivity index is 2.85. The first-order valence-electron chi connectivity index (χ1n) is 5.12. The van der Waals surface area contributed by atoms with Crippen molar-refractivity contribution in [3.8, 4) is 0 Å². The average Bonchev–Trinajstić information content (AvgIpc) is 2.14. The summed E-state index contributed by atoms with van der Waals surface area (Å²) in [5.41, 5.74) is 12.5. The third-order valence-electron chi connectivity index (χ3n) is 1.84.